The lowest BCUT2D eigenvalue weighted by atomic mass is 9.72. The molecule has 7 nitrogen and oxygen atoms in total. The van der Waals surface area contributed by atoms with Gasteiger partial charge in [-0.1, -0.05) is 18.2 Å². The molecule has 0 bridgehead atoms. The maximum Gasteiger partial charge on any atom is 0.309 e. The van der Waals surface area contributed by atoms with E-state index in [4.69, 9.17) is 23.7 Å². The van der Waals surface area contributed by atoms with Crippen LogP contribution in [-0.2, 0) is 9.53 Å². The van der Waals surface area contributed by atoms with Gasteiger partial charge in [0.1, 0.15) is 47.1 Å². The quantitative estimate of drug-likeness (QED) is 0.442. The van der Waals surface area contributed by atoms with Crippen molar-refractivity contribution in [2.45, 2.75) is 38.1 Å². The molecule has 2 heterocycles. The van der Waals surface area contributed by atoms with Gasteiger partial charge in [0.15, 0.2) is 0 Å². The van der Waals surface area contributed by atoms with Crippen molar-refractivity contribution >= 4 is 5.97 Å². The lowest BCUT2D eigenvalue weighted by molar-refractivity contribution is -0.192. The number of para-hydroxylation sites is 1. The summed E-state index contributed by atoms with van der Waals surface area (Å²) >= 11 is 0. The summed E-state index contributed by atoms with van der Waals surface area (Å²) in [5, 5.41) is 10.0. The minimum absolute atomic E-state index is 0.114. The van der Waals surface area contributed by atoms with Crippen LogP contribution in [0.15, 0.2) is 72.8 Å². The lowest BCUT2D eigenvalue weighted by Crippen LogP contribution is -2.53. The number of carbonyl (C=O) groups is 1. The number of rotatable bonds is 7. The van der Waals surface area contributed by atoms with E-state index < -0.39 is 23.6 Å². The fourth-order valence-electron chi connectivity index (χ4n) is 5.02. The molecule has 0 amide bonds. The highest BCUT2D eigenvalue weighted by Gasteiger charge is 2.52. The van der Waals surface area contributed by atoms with Gasteiger partial charge in [0.2, 0.25) is 0 Å². The molecule has 0 spiro atoms. The number of methoxy groups -OCH3 is 1. The van der Waals surface area contributed by atoms with Crippen LogP contribution in [0.5, 0.6) is 28.7 Å². The molecule has 1 fully saturated rings. The Morgan fingerprint density at radius 1 is 0.972 bits per heavy atom. The highest BCUT2D eigenvalue weighted by molar-refractivity contribution is 5.71. The number of carboxylic acid groups (broad SMARTS) is 1. The van der Waals surface area contributed by atoms with Crippen LogP contribution in [0.1, 0.15) is 31.9 Å². The molecule has 36 heavy (non-hydrogen) atoms. The van der Waals surface area contributed by atoms with Crippen LogP contribution in [0.25, 0.3) is 0 Å². The molecule has 2 aliphatic rings. The molecular weight excluding hydrogens is 460 g/mol. The Morgan fingerprint density at radius 3 is 2.36 bits per heavy atom. The molecule has 188 valence electrons. The van der Waals surface area contributed by atoms with Crippen molar-refractivity contribution in [1.29, 1.82) is 0 Å². The van der Waals surface area contributed by atoms with E-state index in [2.05, 4.69) is 0 Å². The fourth-order valence-corrected chi connectivity index (χ4v) is 5.02. The Bertz CT molecular complexity index is 1210. The van der Waals surface area contributed by atoms with E-state index in [0.29, 0.717) is 23.7 Å². The first kappa shape index (κ1) is 24.0. The molecule has 5 rings (SSSR count). The average Bonchev–Trinajstić information content (AvgIpc) is 2.88. The first-order chi connectivity index (χ1) is 17.3. The van der Waals surface area contributed by atoms with Crippen molar-refractivity contribution in [3.8, 4) is 28.7 Å². The van der Waals surface area contributed by atoms with Gasteiger partial charge in [-0.3, -0.25) is 4.79 Å². The van der Waals surface area contributed by atoms with Crippen LogP contribution < -0.4 is 18.9 Å². The summed E-state index contributed by atoms with van der Waals surface area (Å²) in [5.74, 6) is 1.66. The fraction of sp³-hybridized carbons (Fsp3) is 0.345. The Morgan fingerprint density at radius 2 is 1.67 bits per heavy atom. The molecule has 0 aromatic heterocycles. The number of benzene rings is 3. The summed E-state index contributed by atoms with van der Waals surface area (Å²) in [6, 6.07) is 22.4. The van der Waals surface area contributed by atoms with Crippen molar-refractivity contribution < 1.29 is 33.6 Å². The molecule has 0 unspecified atom stereocenters. The van der Waals surface area contributed by atoms with Gasteiger partial charge in [0, 0.05) is 11.5 Å². The maximum atomic E-state index is 12.2. The molecule has 4 atom stereocenters. The van der Waals surface area contributed by atoms with Crippen LogP contribution in [0.4, 0.5) is 0 Å². The number of hydrogen-bond acceptors (Lipinski definition) is 6. The first-order valence-corrected chi connectivity index (χ1v) is 12.0. The van der Waals surface area contributed by atoms with Crippen molar-refractivity contribution in [1.82, 2.24) is 0 Å². The number of carboxylic acids is 1. The maximum absolute atomic E-state index is 12.2. The van der Waals surface area contributed by atoms with Gasteiger partial charge in [-0.2, -0.15) is 0 Å². The zero-order valence-corrected chi connectivity index (χ0v) is 20.5. The van der Waals surface area contributed by atoms with Gasteiger partial charge in [0.25, 0.3) is 0 Å². The number of hydrogen-bond donors (Lipinski definition) is 1. The number of aliphatic carboxylic acids is 1. The largest absolute Gasteiger partial charge is 0.497 e. The van der Waals surface area contributed by atoms with Crippen molar-refractivity contribution in [2.24, 2.45) is 11.8 Å². The Kier molecular flexibility index (Phi) is 6.49. The highest BCUT2D eigenvalue weighted by atomic mass is 16.6. The second kappa shape index (κ2) is 9.74. The van der Waals surface area contributed by atoms with E-state index in [1.165, 1.54) is 0 Å². The molecule has 1 saturated heterocycles. The predicted octanol–water partition coefficient (Wildman–Crippen LogP) is 5.88. The van der Waals surface area contributed by atoms with Crippen LogP contribution in [0.2, 0.25) is 0 Å². The van der Waals surface area contributed by atoms with Crippen LogP contribution >= 0.6 is 0 Å². The SMILES string of the molecule is COc1ccc(OC[C@@H]2O[C@@H]3c4cc(Oc5ccccc5)ccc4OC(C)(C)[C@H]3C[C@@H]2C(=O)O)cc1. The van der Waals surface area contributed by atoms with Crippen molar-refractivity contribution in [3.63, 3.8) is 0 Å². The number of ether oxygens (including phenoxy) is 5. The summed E-state index contributed by atoms with van der Waals surface area (Å²) in [6.45, 7) is 4.08. The molecule has 3 aromatic carbocycles. The van der Waals surface area contributed by atoms with E-state index in [9.17, 15) is 9.90 Å². The zero-order valence-electron chi connectivity index (χ0n) is 20.5. The summed E-state index contributed by atoms with van der Waals surface area (Å²) in [6.07, 6.45) is -0.582. The molecule has 0 radical (unpaired) electrons. The smallest absolute Gasteiger partial charge is 0.309 e. The van der Waals surface area contributed by atoms with Gasteiger partial charge >= 0.3 is 5.97 Å². The molecule has 7 heteroatoms. The van der Waals surface area contributed by atoms with E-state index in [1.807, 2.05) is 62.4 Å². The topological polar surface area (TPSA) is 83.5 Å². The van der Waals surface area contributed by atoms with E-state index in [1.54, 1.807) is 31.4 Å². The van der Waals surface area contributed by atoms with Gasteiger partial charge in [-0.15, -0.1) is 0 Å². The van der Waals surface area contributed by atoms with Gasteiger partial charge < -0.3 is 28.8 Å². The standard InChI is InChI=1S/C29H30O7/c1-29(2)24-16-23(28(30)31)26(17-33-19-11-9-18(32-3)10-12-19)35-27(24)22-15-21(13-14-25(22)36-29)34-20-7-5-4-6-8-20/h4-15,23-24,26-27H,16-17H2,1-3H3,(H,30,31)/t23-,24-,26-,27+/m0/s1. The second-order valence-corrected chi connectivity index (χ2v) is 9.69. The van der Waals surface area contributed by atoms with Crippen LogP contribution in [0, 0.1) is 11.8 Å². The van der Waals surface area contributed by atoms with Gasteiger partial charge in [-0.05, 0) is 74.9 Å². The predicted molar refractivity (Wildman–Crippen MR) is 133 cm³/mol. The van der Waals surface area contributed by atoms with E-state index in [0.717, 1.165) is 17.1 Å². The molecular formula is C29H30O7. The van der Waals surface area contributed by atoms with E-state index >= 15 is 0 Å². The monoisotopic (exact) mass is 490 g/mol. The zero-order chi connectivity index (χ0) is 25.3. The third kappa shape index (κ3) is 4.84. The number of fused-ring (bicyclic) bond motifs is 3. The summed E-state index contributed by atoms with van der Waals surface area (Å²) in [4.78, 5) is 12.2. The van der Waals surface area contributed by atoms with E-state index in [-0.39, 0.29) is 18.6 Å². The Labute approximate surface area is 210 Å². The summed E-state index contributed by atoms with van der Waals surface area (Å²) in [7, 11) is 1.60. The third-order valence-electron chi connectivity index (χ3n) is 6.97. The third-order valence-corrected chi connectivity index (χ3v) is 6.97. The molecule has 0 aliphatic carbocycles. The molecule has 3 aromatic rings. The molecule has 1 N–H and O–H groups in total. The molecule has 0 saturated carbocycles. The van der Waals surface area contributed by atoms with Gasteiger partial charge in [-0.25, -0.2) is 0 Å². The Hall–Kier alpha value is -3.71. The lowest BCUT2D eigenvalue weighted by Gasteiger charge is -2.50. The van der Waals surface area contributed by atoms with Crippen LogP contribution in [0.3, 0.4) is 0 Å². The second-order valence-electron chi connectivity index (χ2n) is 9.69. The minimum Gasteiger partial charge on any atom is -0.497 e. The average molecular weight is 491 g/mol. The highest BCUT2D eigenvalue weighted by Crippen LogP contribution is 2.52. The Balaban J connectivity index is 1.41. The van der Waals surface area contributed by atoms with Crippen molar-refractivity contribution in [2.75, 3.05) is 13.7 Å². The van der Waals surface area contributed by atoms with Gasteiger partial charge in [0.05, 0.1) is 19.1 Å². The van der Waals surface area contributed by atoms with Crippen LogP contribution in [-0.4, -0.2) is 36.5 Å². The minimum atomic E-state index is -0.903. The normalized spacial score (nSPS) is 24.0. The summed E-state index contributed by atoms with van der Waals surface area (Å²) < 4.78 is 30.1. The summed E-state index contributed by atoms with van der Waals surface area (Å²) in [5.41, 5.74) is 0.251. The molecule has 2 aliphatic heterocycles. The first-order valence-electron chi connectivity index (χ1n) is 12.0. The van der Waals surface area contributed by atoms with Crippen molar-refractivity contribution in [3.05, 3.63) is 78.4 Å².